The molecule has 30 heavy (non-hydrogen) atoms. The smallest absolute Gasteiger partial charge is 0.270 e. The summed E-state index contributed by atoms with van der Waals surface area (Å²) < 4.78 is 0. The highest BCUT2D eigenvalue weighted by Gasteiger charge is 2.20. The van der Waals surface area contributed by atoms with Crippen LogP contribution in [-0.4, -0.2) is 21.7 Å². The molecular formula is C20H14Cl2N4O4. The molecule has 0 aliphatic rings. The van der Waals surface area contributed by atoms with Crippen LogP contribution in [-0.2, 0) is 6.54 Å². The molecule has 152 valence electrons. The van der Waals surface area contributed by atoms with E-state index in [1.807, 2.05) is 0 Å². The topological polar surface area (TPSA) is 114 Å². The van der Waals surface area contributed by atoms with Crippen LogP contribution in [0, 0.1) is 10.1 Å². The first kappa shape index (κ1) is 21.2. The van der Waals surface area contributed by atoms with Gasteiger partial charge in [0.15, 0.2) is 0 Å². The molecule has 10 heteroatoms. The Hall–Kier alpha value is -3.49. The Kier molecular flexibility index (Phi) is 6.61. The predicted molar refractivity (Wildman–Crippen MR) is 113 cm³/mol. The summed E-state index contributed by atoms with van der Waals surface area (Å²) >= 11 is 12.2. The Balaban J connectivity index is 1.85. The van der Waals surface area contributed by atoms with Crippen molar-refractivity contribution in [1.82, 2.24) is 10.3 Å². The van der Waals surface area contributed by atoms with Crippen LogP contribution < -0.4 is 10.6 Å². The van der Waals surface area contributed by atoms with Crippen molar-refractivity contribution in [2.45, 2.75) is 6.54 Å². The van der Waals surface area contributed by atoms with Crippen molar-refractivity contribution in [3.8, 4) is 0 Å². The van der Waals surface area contributed by atoms with E-state index in [1.54, 1.807) is 24.5 Å². The lowest BCUT2D eigenvalue weighted by molar-refractivity contribution is -0.384. The molecule has 0 aliphatic carbocycles. The van der Waals surface area contributed by atoms with E-state index < -0.39 is 16.7 Å². The zero-order chi connectivity index (χ0) is 21.7. The number of hydrogen-bond acceptors (Lipinski definition) is 5. The minimum atomic E-state index is -0.663. The van der Waals surface area contributed by atoms with Crippen LogP contribution in [0.4, 0.5) is 11.4 Å². The molecule has 3 rings (SSSR count). The number of nitrogens with one attached hydrogen (secondary N) is 2. The Labute approximate surface area is 181 Å². The molecule has 0 atom stereocenters. The van der Waals surface area contributed by atoms with E-state index in [1.165, 1.54) is 30.3 Å². The highest BCUT2D eigenvalue weighted by Crippen LogP contribution is 2.31. The summed E-state index contributed by atoms with van der Waals surface area (Å²) in [6.07, 6.45) is 3.22. The summed E-state index contributed by atoms with van der Waals surface area (Å²) in [6, 6.07) is 11.5. The summed E-state index contributed by atoms with van der Waals surface area (Å²) in [4.78, 5) is 39.6. The van der Waals surface area contributed by atoms with E-state index in [9.17, 15) is 19.7 Å². The number of nitro benzene ring substituents is 1. The summed E-state index contributed by atoms with van der Waals surface area (Å²) in [5, 5.41) is 16.4. The number of amides is 2. The Morgan fingerprint density at radius 3 is 2.57 bits per heavy atom. The van der Waals surface area contributed by atoms with Gasteiger partial charge in [-0.15, -0.1) is 0 Å². The zero-order valence-electron chi connectivity index (χ0n) is 15.3. The fourth-order valence-corrected chi connectivity index (χ4v) is 3.15. The molecule has 0 aliphatic heterocycles. The molecule has 0 radical (unpaired) electrons. The van der Waals surface area contributed by atoms with Crippen molar-refractivity contribution in [2.75, 3.05) is 5.32 Å². The van der Waals surface area contributed by atoms with Gasteiger partial charge < -0.3 is 10.6 Å². The summed E-state index contributed by atoms with van der Waals surface area (Å²) in [5.41, 5.74) is 0.675. The number of carbonyl (C=O) groups is 2. The minimum absolute atomic E-state index is 0.0388. The van der Waals surface area contributed by atoms with Crippen LogP contribution in [0.15, 0.2) is 60.9 Å². The minimum Gasteiger partial charge on any atom is -0.348 e. The molecule has 0 bridgehead atoms. The van der Waals surface area contributed by atoms with E-state index in [-0.39, 0.29) is 39.1 Å². The molecule has 1 aromatic heterocycles. The molecule has 1 heterocycles. The van der Waals surface area contributed by atoms with Crippen molar-refractivity contribution in [2.24, 2.45) is 0 Å². The SMILES string of the molecule is O=C(Nc1c(Cl)cc(Cl)cc1C(=O)NCc1cccnc1)c1cccc([N+](=O)[O-])c1. The number of nitrogens with zero attached hydrogens (tertiary/aromatic N) is 2. The van der Waals surface area contributed by atoms with Gasteiger partial charge in [0.2, 0.25) is 0 Å². The lowest BCUT2D eigenvalue weighted by Gasteiger charge is -2.14. The number of halogens is 2. The van der Waals surface area contributed by atoms with Crippen molar-refractivity contribution in [3.05, 3.63) is 97.8 Å². The number of aromatic nitrogens is 1. The van der Waals surface area contributed by atoms with Gasteiger partial charge in [-0.3, -0.25) is 24.7 Å². The fourth-order valence-electron chi connectivity index (χ4n) is 2.61. The Morgan fingerprint density at radius 1 is 1.07 bits per heavy atom. The maximum atomic E-state index is 12.7. The molecule has 0 unspecified atom stereocenters. The third kappa shape index (κ3) is 5.11. The number of hydrogen-bond donors (Lipinski definition) is 2. The number of benzene rings is 2. The van der Waals surface area contributed by atoms with Crippen LogP contribution in [0.1, 0.15) is 26.3 Å². The van der Waals surface area contributed by atoms with E-state index in [4.69, 9.17) is 23.2 Å². The van der Waals surface area contributed by atoms with E-state index in [2.05, 4.69) is 15.6 Å². The molecule has 3 aromatic rings. The number of nitro groups is 1. The van der Waals surface area contributed by atoms with Crippen molar-refractivity contribution < 1.29 is 14.5 Å². The number of pyridine rings is 1. The molecule has 2 N–H and O–H groups in total. The Bertz CT molecular complexity index is 1120. The maximum absolute atomic E-state index is 12.7. The second-order valence-electron chi connectivity index (χ2n) is 6.12. The van der Waals surface area contributed by atoms with Gasteiger partial charge in [0.1, 0.15) is 0 Å². The standard InChI is InChI=1S/C20H14Cl2N4O4/c21-14-8-16(20(28)24-11-12-3-2-6-23-10-12)18(17(22)9-14)25-19(27)13-4-1-5-15(7-13)26(29)30/h1-10H,11H2,(H,24,28)(H,25,27). The van der Waals surface area contributed by atoms with Crippen LogP contribution in [0.25, 0.3) is 0 Å². The van der Waals surface area contributed by atoms with Gasteiger partial charge in [0.05, 0.1) is 21.2 Å². The van der Waals surface area contributed by atoms with Gasteiger partial charge in [0, 0.05) is 41.7 Å². The number of non-ortho nitro benzene ring substituents is 1. The molecule has 2 amide bonds. The van der Waals surface area contributed by atoms with Crippen LogP contribution in [0.2, 0.25) is 10.0 Å². The lowest BCUT2D eigenvalue weighted by Crippen LogP contribution is -2.25. The largest absolute Gasteiger partial charge is 0.348 e. The van der Waals surface area contributed by atoms with Gasteiger partial charge in [-0.05, 0) is 29.8 Å². The average molecular weight is 445 g/mol. The highest BCUT2D eigenvalue weighted by atomic mass is 35.5. The average Bonchev–Trinajstić information content (AvgIpc) is 2.74. The van der Waals surface area contributed by atoms with E-state index >= 15 is 0 Å². The molecule has 0 saturated heterocycles. The lowest BCUT2D eigenvalue weighted by atomic mass is 10.1. The maximum Gasteiger partial charge on any atom is 0.270 e. The second kappa shape index (κ2) is 9.34. The molecule has 2 aromatic carbocycles. The van der Waals surface area contributed by atoms with Gasteiger partial charge in [-0.1, -0.05) is 35.3 Å². The number of rotatable bonds is 6. The zero-order valence-corrected chi connectivity index (χ0v) is 16.8. The quantitative estimate of drug-likeness (QED) is 0.429. The molecular weight excluding hydrogens is 431 g/mol. The van der Waals surface area contributed by atoms with Crippen molar-refractivity contribution >= 4 is 46.4 Å². The first-order chi connectivity index (χ1) is 14.3. The van der Waals surface area contributed by atoms with Gasteiger partial charge >= 0.3 is 0 Å². The number of carbonyl (C=O) groups excluding carboxylic acids is 2. The molecule has 0 saturated carbocycles. The fraction of sp³-hybridized carbons (Fsp3) is 0.0500. The summed E-state index contributed by atoms with van der Waals surface area (Å²) in [6.45, 7) is 0.203. The van der Waals surface area contributed by atoms with Crippen LogP contribution in [0.5, 0.6) is 0 Å². The first-order valence-electron chi connectivity index (χ1n) is 8.57. The van der Waals surface area contributed by atoms with Crippen molar-refractivity contribution in [3.63, 3.8) is 0 Å². The third-order valence-electron chi connectivity index (χ3n) is 4.03. The van der Waals surface area contributed by atoms with Crippen molar-refractivity contribution in [1.29, 1.82) is 0 Å². The normalized spacial score (nSPS) is 10.3. The number of anilines is 1. The van der Waals surface area contributed by atoms with E-state index in [0.717, 1.165) is 11.6 Å². The van der Waals surface area contributed by atoms with Crippen LogP contribution in [0.3, 0.4) is 0 Å². The molecule has 8 nitrogen and oxygen atoms in total. The second-order valence-corrected chi connectivity index (χ2v) is 6.96. The van der Waals surface area contributed by atoms with Gasteiger partial charge in [-0.25, -0.2) is 0 Å². The monoisotopic (exact) mass is 444 g/mol. The summed E-state index contributed by atoms with van der Waals surface area (Å²) in [5.74, 6) is -1.18. The third-order valence-corrected chi connectivity index (χ3v) is 4.55. The Morgan fingerprint density at radius 2 is 1.87 bits per heavy atom. The predicted octanol–water partition coefficient (Wildman–Crippen LogP) is 4.48. The molecule has 0 spiro atoms. The van der Waals surface area contributed by atoms with Gasteiger partial charge in [0.25, 0.3) is 17.5 Å². The first-order valence-corrected chi connectivity index (χ1v) is 9.32. The highest BCUT2D eigenvalue weighted by molar-refractivity contribution is 6.38. The van der Waals surface area contributed by atoms with Crippen LogP contribution >= 0.6 is 23.2 Å². The summed E-state index contributed by atoms with van der Waals surface area (Å²) in [7, 11) is 0. The van der Waals surface area contributed by atoms with Gasteiger partial charge in [-0.2, -0.15) is 0 Å². The van der Waals surface area contributed by atoms with E-state index in [0.29, 0.717) is 0 Å². The molecule has 0 fully saturated rings.